The van der Waals surface area contributed by atoms with E-state index in [0.717, 1.165) is 17.9 Å². The molecule has 3 heteroatoms. The second-order valence-corrected chi connectivity index (χ2v) is 5.69. The largest absolute Gasteiger partial charge is 0.394 e. The molecule has 0 radical (unpaired) electrons. The predicted octanol–water partition coefficient (Wildman–Crippen LogP) is 2.67. The molecule has 1 saturated heterocycles. The normalized spacial score (nSPS) is 25.4. The number of hydrogen-bond acceptors (Lipinski definition) is 3. The van der Waals surface area contributed by atoms with Crippen molar-refractivity contribution in [1.29, 1.82) is 0 Å². The van der Waals surface area contributed by atoms with Gasteiger partial charge in [0.15, 0.2) is 0 Å². The lowest BCUT2D eigenvalue weighted by Crippen LogP contribution is -2.46. The van der Waals surface area contributed by atoms with E-state index in [0.29, 0.717) is 0 Å². The van der Waals surface area contributed by atoms with Crippen LogP contribution in [-0.4, -0.2) is 28.8 Å². The zero-order valence-corrected chi connectivity index (χ0v) is 10.5. The van der Waals surface area contributed by atoms with Crippen molar-refractivity contribution in [2.45, 2.75) is 25.3 Å². The maximum Gasteiger partial charge on any atom is 0.0694 e. The van der Waals surface area contributed by atoms with Crippen molar-refractivity contribution in [3.8, 4) is 0 Å². The Balaban J connectivity index is 2.11. The summed E-state index contributed by atoms with van der Waals surface area (Å²) >= 11 is 1.93. The van der Waals surface area contributed by atoms with E-state index in [1.54, 1.807) is 0 Å². The monoisotopic (exact) mass is 237 g/mol. The zero-order chi connectivity index (χ0) is 11.4. The lowest BCUT2D eigenvalue weighted by molar-refractivity contribution is 0.215. The summed E-state index contributed by atoms with van der Waals surface area (Å²) in [6.07, 6.45) is 2.24. The molecule has 1 aromatic rings. The summed E-state index contributed by atoms with van der Waals surface area (Å²) in [5.74, 6) is 2.22. The van der Waals surface area contributed by atoms with Gasteiger partial charge in [-0.2, -0.15) is 11.8 Å². The Morgan fingerprint density at radius 1 is 1.50 bits per heavy atom. The number of thioether (sulfide) groups is 1. The van der Waals surface area contributed by atoms with Gasteiger partial charge in [0, 0.05) is 11.4 Å². The molecule has 16 heavy (non-hydrogen) atoms. The molecule has 1 atom stereocenters. The van der Waals surface area contributed by atoms with E-state index in [4.69, 9.17) is 0 Å². The molecule has 1 aliphatic heterocycles. The van der Waals surface area contributed by atoms with E-state index >= 15 is 0 Å². The third-order valence-electron chi connectivity index (χ3n) is 3.05. The van der Waals surface area contributed by atoms with Crippen LogP contribution in [0, 0.1) is 6.92 Å². The van der Waals surface area contributed by atoms with Crippen LogP contribution in [0.25, 0.3) is 0 Å². The molecule has 2 rings (SSSR count). The van der Waals surface area contributed by atoms with E-state index in [-0.39, 0.29) is 12.1 Å². The molecule has 0 aromatic heterocycles. The van der Waals surface area contributed by atoms with Gasteiger partial charge >= 0.3 is 0 Å². The molecule has 1 fully saturated rings. The molecule has 0 spiro atoms. The summed E-state index contributed by atoms with van der Waals surface area (Å²) in [5.41, 5.74) is 2.26. The van der Waals surface area contributed by atoms with E-state index in [2.05, 4.69) is 36.5 Å². The first kappa shape index (κ1) is 11.8. The van der Waals surface area contributed by atoms with Crippen molar-refractivity contribution in [3.05, 3.63) is 29.8 Å². The van der Waals surface area contributed by atoms with Crippen LogP contribution in [0.15, 0.2) is 24.3 Å². The van der Waals surface area contributed by atoms with Gasteiger partial charge in [0.25, 0.3) is 0 Å². The summed E-state index contributed by atoms with van der Waals surface area (Å²) in [5, 5.41) is 13.1. The fraction of sp³-hybridized carbons (Fsp3) is 0.538. The topological polar surface area (TPSA) is 32.3 Å². The second-order valence-electron chi connectivity index (χ2n) is 4.59. The molecule has 0 aliphatic carbocycles. The molecule has 1 aromatic carbocycles. The number of benzene rings is 1. The Morgan fingerprint density at radius 3 is 3.00 bits per heavy atom. The Hall–Kier alpha value is -0.670. The highest BCUT2D eigenvalue weighted by Crippen LogP contribution is 2.30. The number of anilines is 1. The minimum Gasteiger partial charge on any atom is -0.394 e. The summed E-state index contributed by atoms with van der Waals surface area (Å²) < 4.78 is 0. The smallest absolute Gasteiger partial charge is 0.0694 e. The second kappa shape index (κ2) is 5.11. The summed E-state index contributed by atoms with van der Waals surface area (Å²) in [4.78, 5) is 0. The first-order chi connectivity index (χ1) is 7.74. The third kappa shape index (κ3) is 2.71. The van der Waals surface area contributed by atoms with Crippen molar-refractivity contribution in [2.24, 2.45) is 0 Å². The number of rotatable bonds is 3. The first-order valence-electron chi connectivity index (χ1n) is 5.78. The highest BCUT2D eigenvalue weighted by atomic mass is 32.2. The highest BCUT2D eigenvalue weighted by molar-refractivity contribution is 7.99. The van der Waals surface area contributed by atoms with Crippen LogP contribution in [0.1, 0.15) is 18.4 Å². The summed E-state index contributed by atoms with van der Waals surface area (Å²) in [6, 6.07) is 8.35. The van der Waals surface area contributed by atoms with Gasteiger partial charge in [-0.05, 0) is 43.2 Å². The Bertz CT molecular complexity index is 348. The van der Waals surface area contributed by atoms with Crippen molar-refractivity contribution in [2.75, 3.05) is 23.4 Å². The van der Waals surface area contributed by atoms with Gasteiger partial charge in [0.2, 0.25) is 0 Å². The molecule has 1 aliphatic rings. The van der Waals surface area contributed by atoms with Gasteiger partial charge in [-0.1, -0.05) is 12.1 Å². The predicted molar refractivity (Wildman–Crippen MR) is 71.2 cm³/mol. The van der Waals surface area contributed by atoms with E-state index in [1.807, 2.05) is 11.8 Å². The Kier molecular flexibility index (Phi) is 3.77. The van der Waals surface area contributed by atoms with E-state index in [1.165, 1.54) is 17.7 Å². The van der Waals surface area contributed by atoms with E-state index < -0.39 is 0 Å². The number of hydrogen-bond donors (Lipinski definition) is 2. The molecule has 0 bridgehead atoms. The average molecular weight is 237 g/mol. The van der Waals surface area contributed by atoms with Crippen LogP contribution in [-0.2, 0) is 0 Å². The molecule has 88 valence electrons. The Morgan fingerprint density at radius 2 is 2.38 bits per heavy atom. The van der Waals surface area contributed by atoms with Crippen LogP contribution in [0.4, 0.5) is 5.69 Å². The molecule has 2 N–H and O–H groups in total. The molecule has 1 unspecified atom stereocenters. The van der Waals surface area contributed by atoms with E-state index in [9.17, 15) is 5.11 Å². The number of aliphatic hydroxyl groups excluding tert-OH is 1. The molecule has 0 amide bonds. The molecule has 0 saturated carbocycles. The fourth-order valence-corrected chi connectivity index (χ4v) is 3.34. The molecular formula is C13H19NOS. The fourth-order valence-electron chi connectivity index (χ4n) is 2.14. The lowest BCUT2D eigenvalue weighted by Gasteiger charge is -2.37. The van der Waals surface area contributed by atoms with Crippen molar-refractivity contribution in [1.82, 2.24) is 0 Å². The quantitative estimate of drug-likeness (QED) is 0.847. The lowest BCUT2D eigenvalue weighted by atomic mass is 9.96. The first-order valence-corrected chi connectivity index (χ1v) is 6.93. The molecule has 2 nitrogen and oxygen atoms in total. The van der Waals surface area contributed by atoms with Crippen LogP contribution in [0.3, 0.4) is 0 Å². The minimum absolute atomic E-state index is 0.114. The van der Waals surface area contributed by atoms with Crippen LogP contribution >= 0.6 is 11.8 Å². The van der Waals surface area contributed by atoms with Crippen molar-refractivity contribution >= 4 is 17.4 Å². The van der Waals surface area contributed by atoms with Crippen LogP contribution in [0.2, 0.25) is 0 Å². The summed E-state index contributed by atoms with van der Waals surface area (Å²) in [7, 11) is 0. The zero-order valence-electron chi connectivity index (χ0n) is 9.70. The van der Waals surface area contributed by atoms with Gasteiger partial charge in [-0.3, -0.25) is 0 Å². The number of aliphatic hydroxyl groups is 1. The van der Waals surface area contributed by atoms with Gasteiger partial charge < -0.3 is 10.4 Å². The Labute approximate surface area is 101 Å². The van der Waals surface area contributed by atoms with Crippen LogP contribution < -0.4 is 5.32 Å². The minimum atomic E-state index is -0.114. The van der Waals surface area contributed by atoms with Gasteiger partial charge in [0.1, 0.15) is 0 Å². The van der Waals surface area contributed by atoms with Gasteiger partial charge in [0.05, 0.1) is 12.1 Å². The maximum atomic E-state index is 9.60. The highest BCUT2D eigenvalue weighted by Gasteiger charge is 2.31. The third-order valence-corrected chi connectivity index (χ3v) is 4.39. The van der Waals surface area contributed by atoms with Crippen molar-refractivity contribution < 1.29 is 5.11 Å². The number of aryl methyl sites for hydroxylation is 1. The maximum absolute atomic E-state index is 9.60. The van der Waals surface area contributed by atoms with Crippen LogP contribution in [0.5, 0.6) is 0 Å². The average Bonchev–Trinajstić information content (AvgIpc) is 2.30. The SMILES string of the molecule is Cc1cccc(NC2(CO)CCCSC2)c1. The molecular weight excluding hydrogens is 218 g/mol. The van der Waals surface area contributed by atoms with Gasteiger partial charge in [-0.25, -0.2) is 0 Å². The molecule has 1 heterocycles. The van der Waals surface area contributed by atoms with Crippen molar-refractivity contribution in [3.63, 3.8) is 0 Å². The summed E-state index contributed by atoms with van der Waals surface area (Å²) in [6.45, 7) is 2.31. The number of nitrogens with one attached hydrogen (secondary N) is 1. The standard InChI is InChI=1S/C13H19NOS/c1-11-4-2-5-12(8-11)14-13(9-15)6-3-7-16-10-13/h2,4-5,8,14-15H,3,6-7,9-10H2,1H3. The van der Waals surface area contributed by atoms with Gasteiger partial charge in [-0.15, -0.1) is 0 Å².